The lowest BCUT2D eigenvalue weighted by Gasteiger charge is -2.13. The highest BCUT2D eigenvalue weighted by Crippen LogP contribution is 2.46. The minimum absolute atomic E-state index is 0.108. The molecule has 1 amide bonds. The van der Waals surface area contributed by atoms with E-state index in [0.29, 0.717) is 17.1 Å². The summed E-state index contributed by atoms with van der Waals surface area (Å²) >= 11 is 12.8. The van der Waals surface area contributed by atoms with Gasteiger partial charge >= 0.3 is 0 Å². The van der Waals surface area contributed by atoms with Crippen LogP contribution in [0.3, 0.4) is 0 Å². The summed E-state index contributed by atoms with van der Waals surface area (Å²) in [5, 5.41) is 4.36. The molecule has 0 aliphatic heterocycles. The number of nitrogens with one attached hydrogen (secondary N) is 1. The number of carbonyl (C=O) groups excluding carboxylic acids is 1. The normalized spacial score (nSPS) is 16.6. The van der Waals surface area contributed by atoms with Crippen LogP contribution in [0.2, 0.25) is 5.02 Å². The summed E-state index contributed by atoms with van der Waals surface area (Å²) in [6.45, 7) is 0.708. The number of amides is 1. The quantitative estimate of drug-likeness (QED) is 0.785. The molecule has 5 heteroatoms. The second-order valence-corrected chi connectivity index (χ2v) is 6.32. The van der Waals surface area contributed by atoms with Crippen LogP contribution in [0.1, 0.15) is 23.2 Å². The molecule has 1 aromatic carbocycles. The van der Waals surface area contributed by atoms with Crippen LogP contribution in [0.25, 0.3) is 0 Å². The van der Waals surface area contributed by atoms with Crippen molar-refractivity contribution in [3.63, 3.8) is 0 Å². The van der Waals surface area contributed by atoms with Crippen molar-refractivity contribution in [3.8, 4) is 0 Å². The third-order valence-corrected chi connectivity index (χ3v) is 5.05. The van der Waals surface area contributed by atoms with Crippen LogP contribution in [0.15, 0.2) is 22.7 Å². The molecule has 0 unspecified atom stereocenters. The molecule has 2 rings (SSSR count). The summed E-state index contributed by atoms with van der Waals surface area (Å²) in [4.78, 5) is 12.0. The van der Waals surface area contributed by atoms with Crippen LogP contribution < -0.4 is 5.32 Å². The Labute approximate surface area is 122 Å². The predicted octanol–water partition coefficient (Wildman–Crippen LogP) is 4.01. The summed E-state index contributed by atoms with van der Waals surface area (Å²) in [5.41, 5.74) is 0.792. The Hall–Kier alpha value is -0.0600. The lowest BCUT2D eigenvalue weighted by Crippen LogP contribution is -2.31. The van der Waals surface area contributed by atoms with E-state index < -0.39 is 0 Å². The van der Waals surface area contributed by atoms with E-state index in [1.54, 1.807) is 12.1 Å². The van der Waals surface area contributed by atoms with E-state index in [-0.39, 0.29) is 11.3 Å². The highest BCUT2D eigenvalue weighted by atomic mass is 79.9. The summed E-state index contributed by atoms with van der Waals surface area (Å²) < 4.78 is 0.855. The maximum Gasteiger partial charge on any atom is 0.252 e. The molecule has 0 spiro atoms. The molecule has 17 heavy (non-hydrogen) atoms. The minimum Gasteiger partial charge on any atom is -0.351 e. The smallest absolute Gasteiger partial charge is 0.252 e. The maximum absolute atomic E-state index is 12.0. The summed E-state index contributed by atoms with van der Waals surface area (Å²) in [5.74, 6) is -0.108. The van der Waals surface area contributed by atoms with Gasteiger partial charge in [-0.1, -0.05) is 43.5 Å². The summed E-state index contributed by atoms with van der Waals surface area (Å²) in [6.07, 6.45) is 2.34. The summed E-state index contributed by atoms with van der Waals surface area (Å²) in [7, 11) is 0. The zero-order chi connectivity index (χ0) is 12.5. The molecule has 0 bridgehead atoms. The molecular formula is C12H12Br2ClNO. The van der Waals surface area contributed by atoms with Gasteiger partial charge in [-0.3, -0.25) is 4.79 Å². The van der Waals surface area contributed by atoms with Crippen molar-refractivity contribution in [1.29, 1.82) is 0 Å². The Morgan fingerprint density at radius 1 is 1.47 bits per heavy atom. The van der Waals surface area contributed by atoms with Crippen molar-refractivity contribution >= 4 is 49.4 Å². The van der Waals surface area contributed by atoms with Gasteiger partial charge < -0.3 is 5.32 Å². The largest absolute Gasteiger partial charge is 0.351 e. The lowest BCUT2D eigenvalue weighted by atomic mass is 10.1. The molecule has 1 aliphatic rings. The first-order valence-electron chi connectivity index (χ1n) is 5.36. The zero-order valence-corrected chi connectivity index (χ0v) is 13.0. The molecule has 0 heterocycles. The predicted molar refractivity (Wildman–Crippen MR) is 76.9 cm³/mol. The molecule has 2 nitrogen and oxygen atoms in total. The molecule has 0 radical (unpaired) electrons. The molecule has 1 aliphatic carbocycles. The molecule has 1 N–H and O–H groups in total. The number of halogens is 3. The van der Waals surface area contributed by atoms with Gasteiger partial charge in [0.1, 0.15) is 0 Å². The number of carbonyl (C=O) groups is 1. The highest BCUT2D eigenvalue weighted by molar-refractivity contribution is 9.10. The Balaban J connectivity index is 2.02. The topological polar surface area (TPSA) is 29.1 Å². The Bertz CT molecular complexity index is 446. The van der Waals surface area contributed by atoms with Crippen molar-refractivity contribution in [2.45, 2.75) is 12.8 Å². The number of hydrogen-bond acceptors (Lipinski definition) is 1. The van der Waals surface area contributed by atoms with Gasteiger partial charge in [-0.25, -0.2) is 0 Å². The van der Waals surface area contributed by atoms with Gasteiger partial charge in [0.25, 0.3) is 5.91 Å². The SMILES string of the molecule is O=C(NCC1(CBr)CC1)c1cc(Br)ccc1Cl. The van der Waals surface area contributed by atoms with E-state index >= 15 is 0 Å². The van der Waals surface area contributed by atoms with Crippen LogP contribution in [-0.4, -0.2) is 17.8 Å². The number of alkyl halides is 1. The van der Waals surface area contributed by atoms with E-state index in [2.05, 4.69) is 37.2 Å². The first-order valence-corrected chi connectivity index (χ1v) is 7.65. The monoisotopic (exact) mass is 379 g/mol. The van der Waals surface area contributed by atoms with Crippen molar-refractivity contribution in [1.82, 2.24) is 5.32 Å². The van der Waals surface area contributed by atoms with Crippen LogP contribution >= 0.6 is 43.5 Å². The average Bonchev–Trinajstić information content (AvgIpc) is 3.10. The van der Waals surface area contributed by atoms with E-state index in [4.69, 9.17) is 11.6 Å². The van der Waals surface area contributed by atoms with Gasteiger partial charge in [0.05, 0.1) is 10.6 Å². The second kappa shape index (κ2) is 5.29. The molecule has 0 saturated heterocycles. The third kappa shape index (κ3) is 3.24. The van der Waals surface area contributed by atoms with Crippen LogP contribution in [0, 0.1) is 5.41 Å². The fourth-order valence-electron chi connectivity index (χ4n) is 1.57. The Morgan fingerprint density at radius 3 is 2.76 bits per heavy atom. The van der Waals surface area contributed by atoms with Crippen molar-refractivity contribution in [3.05, 3.63) is 33.3 Å². The lowest BCUT2D eigenvalue weighted by molar-refractivity contribution is 0.0946. The number of rotatable bonds is 4. The fraction of sp³-hybridized carbons (Fsp3) is 0.417. The molecule has 1 saturated carbocycles. The van der Waals surface area contributed by atoms with E-state index in [1.165, 1.54) is 12.8 Å². The number of hydrogen-bond donors (Lipinski definition) is 1. The molecule has 1 fully saturated rings. The van der Waals surface area contributed by atoms with E-state index in [9.17, 15) is 4.79 Å². The molecule has 0 atom stereocenters. The van der Waals surface area contributed by atoms with Crippen molar-refractivity contribution < 1.29 is 4.79 Å². The van der Waals surface area contributed by atoms with Crippen LogP contribution in [0.5, 0.6) is 0 Å². The van der Waals surface area contributed by atoms with E-state index in [0.717, 1.165) is 9.80 Å². The van der Waals surface area contributed by atoms with Gasteiger partial charge in [0.2, 0.25) is 0 Å². The van der Waals surface area contributed by atoms with Gasteiger partial charge in [-0.15, -0.1) is 0 Å². The molecular weight excluding hydrogens is 369 g/mol. The highest BCUT2D eigenvalue weighted by Gasteiger charge is 2.41. The van der Waals surface area contributed by atoms with Gasteiger partial charge in [-0.05, 0) is 36.5 Å². The standard InChI is InChI=1S/C12H12Br2ClNO/c13-6-12(3-4-12)7-16-11(17)9-5-8(14)1-2-10(9)15/h1-2,5H,3-4,6-7H2,(H,16,17). The Morgan fingerprint density at radius 2 is 2.18 bits per heavy atom. The Kier molecular flexibility index (Phi) is 4.16. The van der Waals surface area contributed by atoms with Crippen molar-refractivity contribution in [2.75, 3.05) is 11.9 Å². The molecule has 0 aromatic heterocycles. The second-order valence-electron chi connectivity index (χ2n) is 4.44. The summed E-state index contributed by atoms with van der Waals surface area (Å²) in [6, 6.07) is 5.28. The third-order valence-electron chi connectivity index (χ3n) is 3.04. The maximum atomic E-state index is 12.0. The zero-order valence-electron chi connectivity index (χ0n) is 9.10. The number of benzene rings is 1. The van der Waals surface area contributed by atoms with Gasteiger partial charge in [0, 0.05) is 16.3 Å². The fourth-order valence-corrected chi connectivity index (χ4v) is 2.89. The molecule has 92 valence electrons. The van der Waals surface area contributed by atoms with Gasteiger partial charge in [0.15, 0.2) is 0 Å². The minimum atomic E-state index is -0.108. The van der Waals surface area contributed by atoms with Crippen LogP contribution in [-0.2, 0) is 0 Å². The first-order chi connectivity index (χ1) is 8.06. The van der Waals surface area contributed by atoms with E-state index in [1.807, 2.05) is 6.07 Å². The first kappa shape index (κ1) is 13.4. The average molecular weight is 381 g/mol. The van der Waals surface area contributed by atoms with Crippen LogP contribution in [0.4, 0.5) is 0 Å². The van der Waals surface area contributed by atoms with Gasteiger partial charge in [-0.2, -0.15) is 0 Å². The van der Waals surface area contributed by atoms with Crippen molar-refractivity contribution in [2.24, 2.45) is 5.41 Å². The molecule has 1 aromatic rings.